The fraction of sp³-hybridized carbons (Fsp3) is 0.538. The zero-order valence-electron chi connectivity index (χ0n) is 12.1. The number of carbonyl (C=O) groups excluding carboxylic acids is 1. The van der Waals surface area contributed by atoms with Gasteiger partial charge in [-0.1, -0.05) is 12.1 Å². The molecule has 0 spiro atoms. The van der Waals surface area contributed by atoms with E-state index in [0.717, 1.165) is 6.42 Å². The maximum Gasteiger partial charge on any atom is 0.376 e. The SMILES string of the molecule is CCOC(=O)c1nc(N[C@@H](C)CC)c2c(C)noc2n1. The van der Waals surface area contributed by atoms with Crippen LogP contribution in [0.5, 0.6) is 0 Å². The Bertz CT molecular complexity index is 623. The number of aryl methyl sites for hydroxylation is 1. The number of hydrogen-bond acceptors (Lipinski definition) is 7. The Hall–Kier alpha value is -2.18. The molecular formula is C13H18N4O3. The third-order valence-electron chi connectivity index (χ3n) is 2.96. The number of rotatable bonds is 5. The van der Waals surface area contributed by atoms with E-state index in [4.69, 9.17) is 9.26 Å². The topological polar surface area (TPSA) is 90.1 Å². The number of anilines is 1. The first-order chi connectivity index (χ1) is 9.56. The highest BCUT2D eigenvalue weighted by Gasteiger charge is 2.20. The van der Waals surface area contributed by atoms with Gasteiger partial charge in [-0.15, -0.1) is 0 Å². The normalized spacial score (nSPS) is 12.4. The number of esters is 1. The van der Waals surface area contributed by atoms with Gasteiger partial charge in [0, 0.05) is 6.04 Å². The minimum atomic E-state index is -0.573. The summed E-state index contributed by atoms with van der Waals surface area (Å²) in [6.07, 6.45) is 0.921. The molecule has 0 aliphatic rings. The van der Waals surface area contributed by atoms with Crippen LogP contribution in [-0.4, -0.2) is 33.7 Å². The van der Waals surface area contributed by atoms with Crippen LogP contribution in [-0.2, 0) is 4.74 Å². The van der Waals surface area contributed by atoms with E-state index in [1.54, 1.807) is 13.8 Å². The lowest BCUT2D eigenvalue weighted by molar-refractivity contribution is 0.0512. The molecule has 0 unspecified atom stereocenters. The second-order valence-corrected chi connectivity index (χ2v) is 4.52. The molecule has 2 heterocycles. The van der Waals surface area contributed by atoms with Crippen molar-refractivity contribution in [2.24, 2.45) is 0 Å². The lowest BCUT2D eigenvalue weighted by atomic mass is 10.2. The molecule has 7 nitrogen and oxygen atoms in total. The van der Waals surface area contributed by atoms with E-state index in [1.165, 1.54) is 0 Å². The van der Waals surface area contributed by atoms with Crippen LogP contribution in [0.2, 0.25) is 0 Å². The molecule has 0 radical (unpaired) electrons. The zero-order chi connectivity index (χ0) is 14.7. The Morgan fingerprint density at radius 3 is 2.80 bits per heavy atom. The molecule has 20 heavy (non-hydrogen) atoms. The Morgan fingerprint density at radius 2 is 2.15 bits per heavy atom. The van der Waals surface area contributed by atoms with Gasteiger partial charge in [0.15, 0.2) is 0 Å². The minimum Gasteiger partial charge on any atom is -0.460 e. The van der Waals surface area contributed by atoms with E-state index < -0.39 is 5.97 Å². The van der Waals surface area contributed by atoms with Gasteiger partial charge in [0.2, 0.25) is 5.82 Å². The number of nitrogens with zero attached hydrogens (tertiary/aromatic N) is 3. The van der Waals surface area contributed by atoms with E-state index in [9.17, 15) is 4.79 Å². The van der Waals surface area contributed by atoms with Gasteiger partial charge in [-0.3, -0.25) is 0 Å². The smallest absolute Gasteiger partial charge is 0.376 e. The molecule has 0 aliphatic carbocycles. The summed E-state index contributed by atoms with van der Waals surface area (Å²) in [5, 5.41) is 7.80. The monoisotopic (exact) mass is 278 g/mol. The van der Waals surface area contributed by atoms with Crippen LogP contribution in [0.4, 0.5) is 5.82 Å². The Labute approximate surface area is 116 Å². The number of carbonyl (C=O) groups is 1. The molecule has 108 valence electrons. The molecule has 0 bridgehead atoms. The standard InChI is InChI=1S/C13H18N4O3/c1-5-7(3)14-10-9-8(4)17-20-12(9)16-11(15-10)13(18)19-6-2/h7H,5-6H2,1-4H3,(H,14,15,16)/t7-/m0/s1. The first-order valence-corrected chi connectivity index (χ1v) is 6.64. The van der Waals surface area contributed by atoms with E-state index in [0.29, 0.717) is 16.9 Å². The van der Waals surface area contributed by atoms with Crippen LogP contribution < -0.4 is 5.32 Å². The number of aromatic nitrogens is 3. The van der Waals surface area contributed by atoms with Gasteiger partial charge in [0.1, 0.15) is 11.2 Å². The molecule has 0 amide bonds. The maximum absolute atomic E-state index is 11.8. The highest BCUT2D eigenvalue weighted by atomic mass is 16.5. The van der Waals surface area contributed by atoms with Crippen LogP contribution in [0.15, 0.2) is 4.52 Å². The van der Waals surface area contributed by atoms with Crippen molar-refractivity contribution in [3.8, 4) is 0 Å². The number of hydrogen-bond donors (Lipinski definition) is 1. The fourth-order valence-electron chi connectivity index (χ4n) is 1.72. The zero-order valence-corrected chi connectivity index (χ0v) is 12.1. The largest absolute Gasteiger partial charge is 0.460 e. The molecule has 0 aromatic carbocycles. The lowest BCUT2D eigenvalue weighted by Crippen LogP contribution is -2.17. The van der Waals surface area contributed by atoms with Gasteiger partial charge in [0.05, 0.1) is 12.3 Å². The van der Waals surface area contributed by atoms with Crippen LogP contribution in [0.3, 0.4) is 0 Å². The molecule has 0 saturated heterocycles. The van der Waals surface area contributed by atoms with Crippen molar-refractivity contribution in [1.82, 2.24) is 15.1 Å². The van der Waals surface area contributed by atoms with E-state index in [-0.39, 0.29) is 24.2 Å². The summed E-state index contributed by atoms with van der Waals surface area (Å²) in [5.41, 5.74) is 0.965. The van der Waals surface area contributed by atoms with Gasteiger partial charge in [0.25, 0.3) is 5.71 Å². The molecule has 0 saturated carbocycles. The number of fused-ring (bicyclic) bond motifs is 1. The number of nitrogens with one attached hydrogen (secondary N) is 1. The summed E-state index contributed by atoms with van der Waals surface area (Å²) < 4.78 is 10.0. The highest BCUT2D eigenvalue weighted by Crippen LogP contribution is 2.24. The van der Waals surface area contributed by atoms with Crippen molar-refractivity contribution in [2.45, 2.75) is 40.2 Å². The molecule has 2 aromatic heterocycles. The van der Waals surface area contributed by atoms with Crippen molar-refractivity contribution in [3.05, 3.63) is 11.5 Å². The van der Waals surface area contributed by atoms with Crippen molar-refractivity contribution in [1.29, 1.82) is 0 Å². The number of ether oxygens (including phenoxy) is 1. The summed E-state index contributed by atoms with van der Waals surface area (Å²) in [5.74, 6) is -0.0527. The molecular weight excluding hydrogens is 260 g/mol. The quantitative estimate of drug-likeness (QED) is 0.839. The Morgan fingerprint density at radius 1 is 1.40 bits per heavy atom. The average Bonchev–Trinajstić information content (AvgIpc) is 2.80. The maximum atomic E-state index is 11.8. The Kier molecular flexibility index (Phi) is 4.16. The van der Waals surface area contributed by atoms with Gasteiger partial charge in [-0.25, -0.2) is 9.78 Å². The van der Waals surface area contributed by atoms with Crippen LogP contribution in [0.1, 0.15) is 43.5 Å². The third-order valence-corrected chi connectivity index (χ3v) is 2.96. The van der Waals surface area contributed by atoms with Gasteiger partial charge in [-0.2, -0.15) is 4.98 Å². The highest BCUT2D eigenvalue weighted by molar-refractivity contribution is 5.93. The van der Waals surface area contributed by atoms with E-state index in [2.05, 4.69) is 27.4 Å². The van der Waals surface area contributed by atoms with Crippen LogP contribution in [0.25, 0.3) is 11.1 Å². The molecule has 1 N–H and O–H groups in total. The molecule has 0 aliphatic heterocycles. The molecule has 0 fully saturated rings. The van der Waals surface area contributed by atoms with Crippen molar-refractivity contribution >= 4 is 22.9 Å². The van der Waals surface area contributed by atoms with Crippen molar-refractivity contribution in [3.63, 3.8) is 0 Å². The third kappa shape index (κ3) is 2.71. The van der Waals surface area contributed by atoms with Crippen molar-refractivity contribution < 1.29 is 14.1 Å². The summed E-state index contributed by atoms with van der Waals surface area (Å²) in [6.45, 7) is 7.89. The van der Waals surface area contributed by atoms with Gasteiger partial charge < -0.3 is 14.6 Å². The van der Waals surface area contributed by atoms with Crippen LogP contribution in [0, 0.1) is 6.92 Å². The predicted octanol–water partition coefficient (Wildman–Crippen LogP) is 2.31. The van der Waals surface area contributed by atoms with Crippen molar-refractivity contribution in [2.75, 3.05) is 11.9 Å². The summed E-state index contributed by atoms with van der Waals surface area (Å²) >= 11 is 0. The second-order valence-electron chi connectivity index (χ2n) is 4.52. The van der Waals surface area contributed by atoms with E-state index >= 15 is 0 Å². The lowest BCUT2D eigenvalue weighted by Gasteiger charge is -2.13. The van der Waals surface area contributed by atoms with Gasteiger partial charge in [-0.05, 0) is 27.2 Å². The molecule has 2 rings (SSSR count). The summed E-state index contributed by atoms with van der Waals surface area (Å²) in [7, 11) is 0. The predicted molar refractivity (Wildman–Crippen MR) is 73.7 cm³/mol. The van der Waals surface area contributed by atoms with Crippen LogP contribution >= 0.6 is 0 Å². The summed E-state index contributed by atoms with van der Waals surface area (Å²) in [4.78, 5) is 20.1. The summed E-state index contributed by atoms with van der Waals surface area (Å²) in [6, 6.07) is 0.206. The van der Waals surface area contributed by atoms with E-state index in [1.807, 2.05) is 6.92 Å². The first-order valence-electron chi connectivity index (χ1n) is 6.64. The fourth-order valence-corrected chi connectivity index (χ4v) is 1.72. The molecule has 1 atom stereocenters. The minimum absolute atomic E-state index is 0.0266. The first kappa shape index (κ1) is 14.2. The Balaban J connectivity index is 2.50. The average molecular weight is 278 g/mol. The van der Waals surface area contributed by atoms with Gasteiger partial charge >= 0.3 is 5.97 Å². The molecule has 7 heteroatoms. The second kappa shape index (κ2) is 5.85. The molecule has 2 aromatic rings.